The molecule has 1 atom stereocenters. The first-order valence-electron chi connectivity index (χ1n) is 6.21. The summed E-state index contributed by atoms with van der Waals surface area (Å²) >= 11 is 0. The summed E-state index contributed by atoms with van der Waals surface area (Å²) in [4.78, 5) is 23.8. The Morgan fingerprint density at radius 3 is 2.74 bits per heavy atom. The van der Waals surface area contributed by atoms with Crippen molar-refractivity contribution >= 4 is 24.1 Å². The summed E-state index contributed by atoms with van der Waals surface area (Å²) in [6, 6.07) is -0.116. The van der Waals surface area contributed by atoms with Gasteiger partial charge >= 0.3 is 0 Å². The van der Waals surface area contributed by atoms with Gasteiger partial charge in [-0.1, -0.05) is 0 Å². The standard InChI is InChI=1S/C13H18N2O3.ClH/c1-7(6-14)15-13(17)12-8(2)11-9(16)4-3-5-10(11)18-12;/h7H,3-6,14H2,1-2H3,(H,15,17);1H/t7-;/m0./s1. The SMILES string of the molecule is Cc1c(C(=O)N[C@@H](C)CN)oc2c1C(=O)CCC2.Cl. The highest BCUT2D eigenvalue weighted by atomic mass is 35.5. The zero-order valence-corrected chi connectivity index (χ0v) is 11.9. The summed E-state index contributed by atoms with van der Waals surface area (Å²) in [6.45, 7) is 3.94. The molecule has 1 aliphatic carbocycles. The molecule has 3 N–H and O–H groups in total. The van der Waals surface area contributed by atoms with Crippen LogP contribution in [0.5, 0.6) is 0 Å². The number of carbonyl (C=O) groups is 2. The average molecular weight is 287 g/mol. The van der Waals surface area contributed by atoms with E-state index in [0.717, 1.165) is 12.8 Å². The summed E-state index contributed by atoms with van der Waals surface area (Å²) in [5.74, 6) is 0.668. The number of aryl methyl sites for hydroxylation is 1. The number of nitrogens with two attached hydrogens (primary N) is 1. The van der Waals surface area contributed by atoms with E-state index in [1.807, 2.05) is 6.92 Å². The molecule has 0 radical (unpaired) electrons. The van der Waals surface area contributed by atoms with Gasteiger partial charge in [0.25, 0.3) is 5.91 Å². The second-order valence-corrected chi connectivity index (χ2v) is 4.74. The van der Waals surface area contributed by atoms with Crippen LogP contribution in [0.25, 0.3) is 0 Å². The summed E-state index contributed by atoms with van der Waals surface area (Å²) < 4.78 is 5.54. The number of amides is 1. The summed E-state index contributed by atoms with van der Waals surface area (Å²) in [5, 5.41) is 2.74. The molecule has 106 valence electrons. The fraction of sp³-hybridized carbons (Fsp3) is 0.538. The van der Waals surface area contributed by atoms with Crippen molar-refractivity contribution < 1.29 is 14.0 Å². The van der Waals surface area contributed by atoms with Gasteiger partial charge in [0.1, 0.15) is 5.76 Å². The minimum atomic E-state index is -0.298. The van der Waals surface area contributed by atoms with Crippen LogP contribution in [-0.4, -0.2) is 24.3 Å². The molecule has 5 nitrogen and oxygen atoms in total. The van der Waals surface area contributed by atoms with Crippen molar-refractivity contribution in [3.05, 3.63) is 22.6 Å². The third-order valence-electron chi connectivity index (χ3n) is 3.24. The van der Waals surface area contributed by atoms with Crippen molar-refractivity contribution in [1.29, 1.82) is 0 Å². The Hall–Kier alpha value is -1.33. The third-order valence-corrected chi connectivity index (χ3v) is 3.24. The minimum absolute atomic E-state index is 0. The van der Waals surface area contributed by atoms with Crippen molar-refractivity contribution in [3.63, 3.8) is 0 Å². The number of halogens is 1. The number of hydrogen-bond acceptors (Lipinski definition) is 4. The van der Waals surface area contributed by atoms with Gasteiger partial charge in [-0.2, -0.15) is 0 Å². The van der Waals surface area contributed by atoms with E-state index in [9.17, 15) is 9.59 Å². The van der Waals surface area contributed by atoms with Crippen molar-refractivity contribution in [1.82, 2.24) is 5.32 Å². The van der Waals surface area contributed by atoms with Crippen molar-refractivity contribution in [3.8, 4) is 0 Å². The van der Waals surface area contributed by atoms with Gasteiger partial charge in [-0.15, -0.1) is 12.4 Å². The van der Waals surface area contributed by atoms with Gasteiger partial charge in [0.15, 0.2) is 11.5 Å². The van der Waals surface area contributed by atoms with E-state index in [4.69, 9.17) is 10.2 Å². The molecule has 6 heteroatoms. The van der Waals surface area contributed by atoms with E-state index in [2.05, 4.69) is 5.32 Å². The lowest BCUT2D eigenvalue weighted by Crippen LogP contribution is -2.37. The quantitative estimate of drug-likeness (QED) is 0.884. The number of rotatable bonds is 3. The summed E-state index contributed by atoms with van der Waals surface area (Å²) in [6.07, 6.45) is 2.05. The molecule has 0 aliphatic heterocycles. The molecule has 0 saturated carbocycles. The second kappa shape index (κ2) is 6.21. The Balaban J connectivity index is 0.00000180. The first kappa shape index (κ1) is 15.7. The number of nitrogens with one attached hydrogen (secondary N) is 1. The van der Waals surface area contributed by atoms with Crippen LogP contribution in [0.15, 0.2) is 4.42 Å². The van der Waals surface area contributed by atoms with Crippen LogP contribution in [0, 0.1) is 6.92 Å². The van der Waals surface area contributed by atoms with Gasteiger partial charge in [-0.25, -0.2) is 0 Å². The largest absolute Gasteiger partial charge is 0.455 e. The first-order valence-corrected chi connectivity index (χ1v) is 6.21. The predicted octanol–water partition coefficient (Wildman–Crippen LogP) is 1.61. The maximum atomic E-state index is 12.0. The first-order chi connectivity index (χ1) is 8.54. The van der Waals surface area contributed by atoms with Crippen LogP contribution in [0.1, 0.15) is 52.0 Å². The normalized spacial score (nSPS) is 15.4. The van der Waals surface area contributed by atoms with E-state index in [-0.39, 0.29) is 35.9 Å². The summed E-state index contributed by atoms with van der Waals surface area (Å²) in [5.41, 5.74) is 6.71. The fourth-order valence-corrected chi connectivity index (χ4v) is 2.21. The molecule has 1 amide bonds. The molecule has 0 saturated heterocycles. The van der Waals surface area contributed by atoms with E-state index in [1.54, 1.807) is 6.92 Å². The molecule has 0 aromatic carbocycles. The van der Waals surface area contributed by atoms with Crippen molar-refractivity contribution in [2.75, 3.05) is 6.54 Å². The van der Waals surface area contributed by atoms with E-state index >= 15 is 0 Å². The van der Waals surface area contributed by atoms with Gasteiger partial charge in [0.05, 0.1) is 5.56 Å². The Bertz CT molecular complexity index is 496. The molecule has 2 rings (SSSR count). The van der Waals surface area contributed by atoms with Crippen LogP contribution >= 0.6 is 12.4 Å². The molecular formula is C13H19ClN2O3. The smallest absolute Gasteiger partial charge is 0.287 e. The zero-order chi connectivity index (χ0) is 13.3. The lowest BCUT2D eigenvalue weighted by Gasteiger charge is -2.09. The molecule has 1 aromatic heterocycles. The molecule has 1 aliphatic rings. The van der Waals surface area contributed by atoms with Crippen LogP contribution in [0.2, 0.25) is 0 Å². The second-order valence-electron chi connectivity index (χ2n) is 4.74. The number of ketones is 1. The Morgan fingerprint density at radius 2 is 2.16 bits per heavy atom. The topological polar surface area (TPSA) is 85.3 Å². The summed E-state index contributed by atoms with van der Waals surface area (Å²) in [7, 11) is 0. The van der Waals surface area contributed by atoms with E-state index < -0.39 is 0 Å². The van der Waals surface area contributed by atoms with Crippen molar-refractivity contribution in [2.24, 2.45) is 5.73 Å². The minimum Gasteiger partial charge on any atom is -0.455 e. The van der Waals surface area contributed by atoms with Crippen LogP contribution in [0.3, 0.4) is 0 Å². The third kappa shape index (κ3) is 2.98. The fourth-order valence-electron chi connectivity index (χ4n) is 2.21. The monoisotopic (exact) mass is 286 g/mol. The highest BCUT2D eigenvalue weighted by Gasteiger charge is 2.28. The maximum absolute atomic E-state index is 12.0. The molecule has 19 heavy (non-hydrogen) atoms. The Morgan fingerprint density at radius 1 is 1.47 bits per heavy atom. The number of fused-ring (bicyclic) bond motifs is 1. The van der Waals surface area contributed by atoms with Crippen LogP contribution in [-0.2, 0) is 6.42 Å². The molecule has 0 spiro atoms. The average Bonchev–Trinajstić information content (AvgIpc) is 2.68. The Kier molecular flexibility index (Phi) is 5.14. The lowest BCUT2D eigenvalue weighted by molar-refractivity contribution is 0.0907. The molecule has 0 fully saturated rings. The Labute approximate surface area is 118 Å². The number of Topliss-reactive ketones (excluding diaryl/α,β-unsaturated/α-hetero) is 1. The van der Waals surface area contributed by atoms with Gasteiger partial charge in [-0.3, -0.25) is 9.59 Å². The molecule has 0 bridgehead atoms. The maximum Gasteiger partial charge on any atom is 0.287 e. The number of carbonyl (C=O) groups excluding carboxylic acids is 2. The highest BCUT2D eigenvalue weighted by molar-refractivity contribution is 6.03. The van der Waals surface area contributed by atoms with E-state index in [1.165, 1.54) is 0 Å². The number of hydrogen-bond donors (Lipinski definition) is 2. The van der Waals surface area contributed by atoms with Gasteiger partial charge in [0.2, 0.25) is 0 Å². The molecular weight excluding hydrogens is 268 g/mol. The molecule has 1 aromatic rings. The van der Waals surface area contributed by atoms with Gasteiger partial charge in [0, 0.05) is 31.0 Å². The van der Waals surface area contributed by atoms with Gasteiger partial charge < -0.3 is 15.5 Å². The molecule has 1 heterocycles. The zero-order valence-electron chi connectivity index (χ0n) is 11.1. The van der Waals surface area contributed by atoms with Crippen LogP contribution in [0.4, 0.5) is 0 Å². The lowest BCUT2D eigenvalue weighted by atomic mass is 9.94. The highest BCUT2D eigenvalue weighted by Crippen LogP contribution is 2.29. The van der Waals surface area contributed by atoms with Crippen molar-refractivity contribution in [2.45, 2.75) is 39.2 Å². The number of furan rings is 1. The molecule has 0 unspecified atom stereocenters. The van der Waals surface area contributed by atoms with E-state index in [0.29, 0.717) is 29.9 Å². The van der Waals surface area contributed by atoms with Crippen LogP contribution < -0.4 is 11.1 Å². The predicted molar refractivity (Wildman–Crippen MR) is 73.9 cm³/mol. The van der Waals surface area contributed by atoms with Gasteiger partial charge in [-0.05, 0) is 20.3 Å².